The van der Waals surface area contributed by atoms with E-state index in [4.69, 9.17) is 0 Å². The average molecular weight is 457 g/mol. The van der Waals surface area contributed by atoms with Crippen LogP contribution in [0.15, 0.2) is 24.3 Å². The second kappa shape index (κ2) is 3.29. The van der Waals surface area contributed by atoms with E-state index < -0.39 is 0 Å². The van der Waals surface area contributed by atoms with Gasteiger partial charge in [0.15, 0.2) is 0 Å². The molecule has 1 aromatic rings. The molecule has 9 heavy (non-hydrogen) atoms. The van der Waals surface area contributed by atoms with Gasteiger partial charge in [0.1, 0.15) is 0 Å². The molecule has 0 nitrogen and oxygen atoms in total. The summed E-state index contributed by atoms with van der Waals surface area (Å²) in [5.41, 5.74) is 1.38. The van der Waals surface area contributed by atoms with Crippen molar-refractivity contribution in [3.63, 3.8) is 0 Å². The highest BCUT2D eigenvalue weighted by molar-refractivity contribution is 14.3. The lowest BCUT2D eigenvalue weighted by Crippen LogP contribution is -1.92. The van der Waals surface area contributed by atoms with Crippen LogP contribution in [-0.4, -0.2) is 0 Å². The fraction of sp³-hybridized carbons (Fsp3) is 0.167. The maximum absolute atomic E-state index is 2.41. The van der Waals surface area contributed by atoms with Crippen LogP contribution in [0.25, 0.3) is 0 Å². The summed E-state index contributed by atoms with van der Waals surface area (Å²) in [4.78, 5) is 0. The van der Waals surface area contributed by atoms with Crippen LogP contribution in [0, 0.1) is 0 Å². The molecule has 0 aliphatic rings. The fourth-order valence-corrected chi connectivity index (χ4v) is 1.64. The summed E-state index contributed by atoms with van der Waals surface area (Å²) in [7, 11) is 0. The maximum atomic E-state index is 2.41. The molecule has 0 N–H and O–H groups in total. The van der Waals surface area contributed by atoms with Gasteiger partial charge in [-0.3, -0.25) is 0 Å². The van der Waals surface area contributed by atoms with E-state index in [1.807, 2.05) is 0 Å². The van der Waals surface area contributed by atoms with Crippen LogP contribution in [0.3, 0.4) is 0 Å². The number of hydrogen-bond acceptors (Lipinski definition) is 0. The minimum atomic E-state index is 0.233. The Bertz CT molecular complexity index is 171. The van der Waals surface area contributed by atoms with Crippen molar-refractivity contribution in [2.45, 2.75) is -0.565 Å². The van der Waals surface area contributed by atoms with E-state index in [0.29, 0.717) is 0 Å². The first kappa shape index (κ1) is 8.63. The summed E-state index contributed by atoms with van der Waals surface area (Å²) in [6.07, 6.45) is 0. The van der Waals surface area contributed by atoms with Gasteiger partial charge in [-0.05, 0) is 0 Å². The Morgan fingerprint density at radius 1 is 1.33 bits per heavy atom. The van der Waals surface area contributed by atoms with Crippen molar-refractivity contribution < 1.29 is 0 Å². The Kier molecular flexibility index (Phi) is 3.16. The van der Waals surface area contributed by atoms with Crippen LogP contribution in [0.1, 0.15) is 5.56 Å². The van der Waals surface area contributed by atoms with Gasteiger partial charge in [-0.15, -0.1) is 0 Å². The van der Waals surface area contributed by atoms with Crippen molar-refractivity contribution in [3.8, 4) is 0 Å². The van der Waals surface area contributed by atoms with Gasteiger partial charge in [0.25, 0.3) is 0 Å². The minimum Gasteiger partial charge on any atom is -0.208 e. The van der Waals surface area contributed by atoms with Gasteiger partial charge in [0.2, 0.25) is 0 Å². The zero-order chi connectivity index (χ0) is 6.91. The molecular formula is C6H4I3-. The molecule has 0 aliphatic heterocycles. The topological polar surface area (TPSA) is 0 Å². The lowest BCUT2D eigenvalue weighted by molar-refractivity contribution is 1.49. The van der Waals surface area contributed by atoms with Gasteiger partial charge < -0.3 is 0 Å². The second-order valence-corrected chi connectivity index (χ2v) is 12.7. The average Bonchev–Trinajstić information content (AvgIpc) is 2.08. The van der Waals surface area contributed by atoms with Crippen molar-refractivity contribution in [2.24, 2.45) is 0 Å². The number of hydrogen-bond donors (Lipinski definition) is 0. The summed E-state index contributed by atoms with van der Waals surface area (Å²) < 4.78 is 0.233. The third-order valence-corrected chi connectivity index (χ3v) is 2.86. The molecule has 0 heterocycles. The first-order valence-corrected chi connectivity index (χ1v) is 5.63. The number of alkyl halides is 3. The van der Waals surface area contributed by atoms with Crippen molar-refractivity contribution >= 4 is 67.8 Å². The van der Waals surface area contributed by atoms with Crippen LogP contribution in [0.5, 0.6) is 0 Å². The molecule has 50 valence electrons. The van der Waals surface area contributed by atoms with Crippen LogP contribution in [0.2, 0.25) is 0 Å². The molecule has 0 saturated carbocycles. The van der Waals surface area contributed by atoms with Gasteiger partial charge in [-0.1, -0.05) is 67.8 Å². The molecule has 1 rings (SSSR count). The Balaban J connectivity index is 2.90. The zero-order valence-electron chi connectivity index (χ0n) is 4.44. The molecule has 1 aromatic carbocycles. The van der Waals surface area contributed by atoms with E-state index in [2.05, 4.69) is 92.0 Å². The van der Waals surface area contributed by atoms with E-state index >= 15 is 0 Å². The molecule has 0 spiro atoms. The lowest BCUT2D eigenvalue weighted by atomic mass is 10.4. The van der Waals surface area contributed by atoms with E-state index in [9.17, 15) is 0 Å². The quantitative estimate of drug-likeness (QED) is 0.342. The standard InChI is InChI=1S/C6H4I3/c7-6(8,9)5-3-1-2-4-5/h1-4H/q-1. The predicted molar refractivity (Wildman–Crippen MR) is 65.8 cm³/mol. The minimum absolute atomic E-state index is 0.233. The predicted octanol–water partition coefficient (Wildman–Crippen LogP) is 3.82. The summed E-state index contributed by atoms with van der Waals surface area (Å²) in [6, 6.07) is 8.43. The molecule has 0 bridgehead atoms. The Labute approximate surface area is 95.6 Å². The summed E-state index contributed by atoms with van der Waals surface area (Å²) in [6.45, 7) is 0. The molecule has 3 heteroatoms. The van der Waals surface area contributed by atoms with Crippen molar-refractivity contribution in [3.05, 3.63) is 29.8 Å². The molecular weight excluding hydrogens is 453 g/mol. The molecule has 0 saturated heterocycles. The van der Waals surface area contributed by atoms with Gasteiger partial charge in [-0.25, -0.2) is 6.07 Å². The highest BCUT2D eigenvalue weighted by Crippen LogP contribution is 2.45. The largest absolute Gasteiger partial charge is 0.208 e. The molecule has 0 unspecified atom stereocenters. The van der Waals surface area contributed by atoms with Gasteiger partial charge in [0.05, 0.1) is -0.565 Å². The molecule has 0 atom stereocenters. The monoisotopic (exact) mass is 457 g/mol. The van der Waals surface area contributed by atoms with Crippen LogP contribution in [-0.2, 0) is -0.565 Å². The van der Waals surface area contributed by atoms with Crippen LogP contribution < -0.4 is 0 Å². The summed E-state index contributed by atoms with van der Waals surface area (Å²) in [5.74, 6) is 0. The van der Waals surface area contributed by atoms with Gasteiger partial charge >= 0.3 is 0 Å². The SMILES string of the molecule is IC(I)(I)c1cc[cH-]c1. The highest BCUT2D eigenvalue weighted by atomic mass is 127. The normalized spacial score (nSPS) is 11.9. The Hall–Kier alpha value is 1.54. The van der Waals surface area contributed by atoms with Crippen LogP contribution >= 0.6 is 67.8 Å². The lowest BCUT2D eigenvalue weighted by Gasteiger charge is -2.16. The molecule has 0 aromatic heterocycles. The fourth-order valence-electron chi connectivity index (χ4n) is 0.563. The third kappa shape index (κ3) is 2.57. The van der Waals surface area contributed by atoms with Gasteiger partial charge in [-0.2, -0.15) is 23.8 Å². The molecule has 0 radical (unpaired) electrons. The summed E-state index contributed by atoms with van der Waals surface area (Å²) >= 11 is 7.24. The van der Waals surface area contributed by atoms with E-state index in [1.165, 1.54) is 5.56 Å². The van der Waals surface area contributed by atoms with E-state index in [-0.39, 0.29) is -0.565 Å². The Morgan fingerprint density at radius 2 is 2.00 bits per heavy atom. The number of halogens is 3. The Morgan fingerprint density at radius 3 is 2.22 bits per heavy atom. The van der Waals surface area contributed by atoms with Crippen molar-refractivity contribution in [2.75, 3.05) is 0 Å². The summed E-state index contributed by atoms with van der Waals surface area (Å²) in [5, 5.41) is 0. The molecule has 0 fully saturated rings. The molecule has 0 amide bonds. The van der Waals surface area contributed by atoms with Crippen molar-refractivity contribution in [1.82, 2.24) is 0 Å². The second-order valence-electron chi connectivity index (χ2n) is 1.67. The third-order valence-electron chi connectivity index (χ3n) is 0.990. The zero-order valence-corrected chi connectivity index (χ0v) is 10.9. The first-order chi connectivity index (χ1) is 4.11. The first-order valence-electron chi connectivity index (χ1n) is 2.39. The number of rotatable bonds is 1. The van der Waals surface area contributed by atoms with Crippen molar-refractivity contribution in [1.29, 1.82) is 0 Å². The maximum Gasteiger partial charge on any atom is 0.0963 e. The smallest absolute Gasteiger partial charge is 0.0963 e. The van der Waals surface area contributed by atoms with E-state index in [0.717, 1.165) is 0 Å². The van der Waals surface area contributed by atoms with Gasteiger partial charge in [0, 0.05) is 0 Å². The van der Waals surface area contributed by atoms with E-state index in [1.54, 1.807) is 0 Å². The van der Waals surface area contributed by atoms with Crippen LogP contribution in [0.4, 0.5) is 0 Å². The highest BCUT2D eigenvalue weighted by Gasteiger charge is 2.12. The molecule has 0 aliphatic carbocycles.